The van der Waals surface area contributed by atoms with Gasteiger partial charge in [-0.15, -0.1) is 0 Å². The number of ether oxygens (including phenoxy) is 1. The summed E-state index contributed by atoms with van der Waals surface area (Å²) in [5.74, 6) is -1.19. The van der Waals surface area contributed by atoms with Crippen LogP contribution >= 0.6 is 0 Å². The Balaban J connectivity index is 0. The van der Waals surface area contributed by atoms with E-state index < -0.39 is 11.9 Å². The monoisotopic (exact) mass is 224 g/mol. The number of carbonyl (C=O) groups excluding carboxylic acids is 2. The largest absolute Gasteiger partial charge is 0.386 e. The van der Waals surface area contributed by atoms with Crippen LogP contribution in [0.4, 0.5) is 0 Å². The Morgan fingerprint density at radius 1 is 1.00 bits per heavy atom. The van der Waals surface area contributed by atoms with Crippen molar-refractivity contribution in [3.05, 3.63) is 36.0 Å². The van der Waals surface area contributed by atoms with Crippen LogP contribution in [0.3, 0.4) is 0 Å². The summed E-state index contributed by atoms with van der Waals surface area (Å²) < 4.78 is 4.37. The second-order valence-electron chi connectivity index (χ2n) is 2.20. The summed E-state index contributed by atoms with van der Waals surface area (Å²) in [6, 6.07) is 0. The molecular weight excluding hydrogens is 204 g/mol. The van der Waals surface area contributed by atoms with Crippen LogP contribution in [0, 0.1) is 0 Å². The molecule has 0 bridgehead atoms. The quantitative estimate of drug-likeness (QED) is 0.390. The topological polar surface area (TPSA) is 43.4 Å². The summed E-state index contributed by atoms with van der Waals surface area (Å²) in [6.45, 7) is 13.1. The van der Waals surface area contributed by atoms with Crippen molar-refractivity contribution in [2.24, 2.45) is 0 Å². The lowest BCUT2D eigenvalue weighted by Gasteiger charge is -1.87. The summed E-state index contributed by atoms with van der Waals surface area (Å²) in [5.41, 5.74) is 0.581. The second kappa shape index (κ2) is 9.90. The number of hydrogen-bond donors (Lipinski definition) is 0. The number of carbonyl (C=O) groups is 2. The van der Waals surface area contributed by atoms with E-state index >= 15 is 0 Å². The molecule has 16 heavy (non-hydrogen) atoms. The molecule has 0 unspecified atom stereocenters. The molecule has 0 spiro atoms. The molecule has 0 aromatic heterocycles. The lowest BCUT2D eigenvalue weighted by Crippen LogP contribution is -1.96. The maximum Gasteiger partial charge on any atom is 0.346 e. The number of allylic oxidation sites excluding steroid dienone is 3. The van der Waals surface area contributed by atoms with Crippen LogP contribution in [0.25, 0.3) is 0 Å². The predicted octanol–water partition coefficient (Wildman–Crippen LogP) is 3.18. The minimum atomic E-state index is -0.604. The van der Waals surface area contributed by atoms with Crippen LogP contribution < -0.4 is 0 Å². The standard InChI is InChI=1S/C9H8O3.2C2H6/c1-3-5-7-6(4-2)8(10)12-9(7)11;2*1-2/h3-5H,1H2,2H3;2*1-2H3/b6-4+,7-5+;;. The third-order valence-electron chi connectivity index (χ3n) is 1.49. The van der Waals surface area contributed by atoms with Crippen molar-refractivity contribution in [3.63, 3.8) is 0 Å². The van der Waals surface area contributed by atoms with Crippen molar-refractivity contribution in [1.82, 2.24) is 0 Å². The van der Waals surface area contributed by atoms with Gasteiger partial charge in [-0.1, -0.05) is 46.4 Å². The van der Waals surface area contributed by atoms with Crippen LogP contribution in [0.15, 0.2) is 36.0 Å². The van der Waals surface area contributed by atoms with E-state index in [1.54, 1.807) is 13.0 Å². The molecule has 90 valence electrons. The van der Waals surface area contributed by atoms with Gasteiger partial charge in [-0.05, 0) is 13.0 Å². The van der Waals surface area contributed by atoms with Gasteiger partial charge in [0.05, 0.1) is 11.1 Å². The fraction of sp³-hybridized carbons (Fsp3) is 0.385. The summed E-state index contributed by atoms with van der Waals surface area (Å²) in [6.07, 6.45) is 4.45. The fourth-order valence-corrected chi connectivity index (χ4v) is 0.963. The van der Waals surface area contributed by atoms with Gasteiger partial charge in [-0.3, -0.25) is 0 Å². The van der Waals surface area contributed by atoms with E-state index in [2.05, 4.69) is 11.3 Å². The minimum absolute atomic E-state index is 0.275. The Kier molecular flexibility index (Phi) is 10.4. The summed E-state index contributed by atoms with van der Waals surface area (Å²) >= 11 is 0. The molecule has 0 aromatic rings. The SMILES string of the molecule is C=C/C=C1/C(=O)OC(=O)/C1=C/C.CC.CC. The Bertz CT molecular complexity index is 309. The molecule has 1 saturated heterocycles. The Hall–Kier alpha value is -1.64. The van der Waals surface area contributed by atoms with Crippen molar-refractivity contribution >= 4 is 11.9 Å². The van der Waals surface area contributed by atoms with Crippen molar-refractivity contribution in [2.75, 3.05) is 0 Å². The molecule has 1 heterocycles. The van der Waals surface area contributed by atoms with Gasteiger partial charge in [0, 0.05) is 0 Å². The average molecular weight is 224 g/mol. The molecule has 3 heteroatoms. The molecule has 1 rings (SSSR count). The van der Waals surface area contributed by atoms with Crippen LogP contribution in [0.5, 0.6) is 0 Å². The zero-order valence-electron chi connectivity index (χ0n) is 10.7. The highest BCUT2D eigenvalue weighted by molar-refractivity contribution is 6.18. The molecule has 0 amide bonds. The predicted molar refractivity (Wildman–Crippen MR) is 65.8 cm³/mol. The zero-order valence-corrected chi connectivity index (χ0v) is 10.7. The van der Waals surface area contributed by atoms with E-state index in [1.165, 1.54) is 12.2 Å². The Labute approximate surface area is 97.5 Å². The van der Waals surface area contributed by atoms with Gasteiger partial charge in [-0.25, -0.2) is 9.59 Å². The maximum absolute atomic E-state index is 10.9. The first-order chi connectivity index (χ1) is 7.70. The van der Waals surface area contributed by atoms with Gasteiger partial charge in [0.15, 0.2) is 0 Å². The van der Waals surface area contributed by atoms with Crippen LogP contribution in [0.1, 0.15) is 34.6 Å². The minimum Gasteiger partial charge on any atom is -0.386 e. The van der Waals surface area contributed by atoms with Crippen molar-refractivity contribution in [3.8, 4) is 0 Å². The highest BCUT2D eigenvalue weighted by atomic mass is 16.6. The normalized spacial score (nSPS) is 18.3. The van der Waals surface area contributed by atoms with Gasteiger partial charge in [0.25, 0.3) is 0 Å². The molecule has 3 nitrogen and oxygen atoms in total. The van der Waals surface area contributed by atoms with Crippen molar-refractivity contribution < 1.29 is 14.3 Å². The lowest BCUT2D eigenvalue weighted by molar-refractivity contribution is -0.149. The molecule has 0 atom stereocenters. The molecule has 0 N–H and O–H groups in total. The molecule has 0 aromatic carbocycles. The highest BCUT2D eigenvalue weighted by Crippen LogP contribution is 2.21. The Morgan fingerprint density at radius 2 is 1.44 bits per heavy atom. The van der Waals surface area contributed by atoms with Crippen LogP contribution in [-0.4, -0.2) is 11.9 Å². The first-order valence-electron chi connectivity index (χ1n) is 5.46. The highest BCUT2D eigenvalue weighted by Gasteiger charge is 2.31. The zero-order chi connectivity index (χ0) is 13.1. The van der Waals surface area contributed by atoms with Crippen molar-refractivity contribution in [1.29, 1.82) is 0 Å². The molecule has 0 saturated carbocycles. The summed E-state index contributed by atoms with van der Waals surface area (Å²) in [7, 11) is 0. The van der Waals surface area contributed by atoms with Gasteiger partial charge < -0.3 is 4.74 Å². The number of rotatable bonds is 1. The van der Waals surface area contributed by atoms with Gasteiger partial charge in [0.1, 0.15) is 0 Å². The van der Waals surface area contributed by atoms with E-state index in [0.29, 0.717) is 5.57 Å². The smallest absolute Gasteiger partial charge is 0.346 e. The van der Waals surface area contributed by atoms with Crippen LogP contribution in [-0.2, 0) is 14.3 Å². The molecule has 1 aliphatic rings. The van der Waals surface area contributed by atoms with Gasteiger partial charge in [-0.2, -0.15) is 0 Å². The summed E-state index contributed by atoms with van der Waals surface area (Å²) in [4.78, 5) is 21.9. The Morgan fingerprint density at radius 3 is 1.81 bits per heavy atom. The van der Waals surface area contributed by atoms with Crippen molar-refractivity contribution in [2.45, 2.75) is 34.6 Å². The van der Waals surface area contributed by atoms with E-state index in [4.69, 9.17) is 0 Å². The third-order valence-corrected chi connectivity index (χ3v) is 1.49. The first kappa shape index (κ1) is 16.8. The van der Waals surface area contributed by atoms with E-state index in [9.17, 15) is 9.59 Å². The van der Waals surface area contributed by atoms with Gasteiger partial charge >= 0.3 is 11.9 Å². The average Bonchev–Trinajstić information content (AvgIpc) is 2.59. The third kappa shape index (κ3) is 4.26. The molecule has 1 aliphatic heterocycles. The second-order valence-corrected chi connectivity index (χ2v) is 2.20. The molecule has 0 aliphatic carbocycles. The number of esters is 2. The number of hydrogen-bond acceptors (Lipinski definition) is 3. The fourth-order valence-electron chi connectivity index (χ4n) is 0.963. The van der Waals surface area contributed by atoms with E-state index in [1.807, 2.05) is 27.7 Å². The van der Waals surface area contributed by atoms with E-state index in [-0.39, 0.29) is 5.57 Å². The van der Waals surface area contributed by atoms with E-state index in [0.717, 1.165) is 0 Å². The molecule has 1 fully saturated rings. The maximum atomic E-state index is 10.9. The first-order valence-corrected chi connectivity index (χ1v) is 5.46. The van der Waals surface area contributed by atoms with Crippen LogP contribution in [0.2, 0.25) is 0 Å². The van der Waals surface area contributed by atoms with Gasteiger partial charge in [0.2, 0.25) is 0 Å². The molecular formula is C13H20O3. The number of cyclic esters (lactones) is 2. The molecule has 0 radical (unpaired) electrons. The summed E-state index contributed by atoms with van der Waals surface area (Å²) in [5, 5.41) is 0. The lowest BCUT2D eigenvalue weighted by atomic mass is 10.1.